The Balaban J connectivity index is 2.96. The van der Waals surface area contributed by atoms with Gasteiger partial charge in [-0.2, -0.15) is 0 Å². The lowest BCUT2D eigenvalue weighted by Crippen LogP contribution is -2.22. The average molecular weight is 257 g/mol. The lowest BCUT2D eigenvalue weighted by atomic mass is 10.2. The molecule has 2 aromatic rings. The van der Waals surface area contributed by atoms with Crippen LogP contribution in [-0.4, -0.2) is 9.55 Å². The molecule has 0 bridgehead atoms. The Kier molecular flexibility index (Phi) is 2.91. The monoisotopic (exact) mass is 256 g/mol. The van der Waals surface area contributed by atoms with Crippen molar-refractivity contribution >= 4 is 34.1 Å². The summed E-state index contributed by atoms with van der Waals surface area (Å²) in [6.07, 6.45) is 1.61. The standard InChI is InChI=1S/C11H10Cl2N2O/c1-6(2)15-9-4-10(13)14-5-7(9)3-8(12)11(15)16/h3-6H,1-2H3. The first-order valence-electron chi connectivity index (χ1n) is 4.87. The van der Waals surface area contributed by atoms with Crippen LogP contribution in [0.5, 0.6) is 0 Å². The van der Waals surface area contributed by atoms with E-state index in [1.54, 1.807) is 22.9 Å². The predicted molar refractivity (Wildman–Crippen MR) is 66.4 cm³/mol. The van der Waals surface area contributed by atoms with Crippen molar-refractivity contribution < 1.29 is 0 Å². The highest BCUT2D eigenvalue weighted by atomic mass is 35.5. The Morgan fingerprint density at radius 2 is 2.00 bits per heavy atom. The molecule has 0 unspecified atom stereocenters. The van der Waals surface area contributed by atoms with E-state index in [1.165, 1.54) is 0 Å². The van der Waals surface area contributed by atoms with Crippen molar-refractivity contribution in [3.8, 4) is 0 Å². The largest absolute Gasteiger partial charge is 0.304 e. The third-order valence-electron chi connectivity index (χ3n) is 2.36. The summed E-state index contributed by atoms with van der Waals surface area (Å²) in [4.78, 5) is 15.9. The number of hydrogen-bond donors (Lipinski definition) is 0. The minimum absolute atomic E-state index is 0.0205. The van der Waals surface area contributed by atoms with Crippen molar-refractivity contribution in [1.29, 1.82) is 0 Å². The molecule has 0 radical (unpaired) electrons. The van der Waals surface area contributed by atoms with Crippen LogP contribution in [0.25, 0.3) is 10.9 Å². The topological polar surface area (TPSA) is 34.9 Å². The maximum atomic E-state index is 11.9. The van der Waals surface area contributed by atoms with Gasteiger partial charge < -0.3 is 4.57 Å². The van der Waals surface area contributed by atoms with Gasteiger partial charge in [-0.15, -0.1) is 0 Å². The Labute approximate surface area is 103 Å². The second-order valence-electron chi connectivity index (χ2n) is 3.83. The first-order chi connectivity index (χ1) is 7.50. The van der Waals surface area contributed by atoms with E-state index in [1.807, 2.05) is 13.8 Å². The van der Waals surface area contributed by atoms with E-state index in [0.717, 1.165) is 10.9 Å². The molecule has 5 heteroatoms. The molecule has 2 aromatic heterocycles. The fourth-order valence-electron chi connectivity index (χ4n) is 1.69. The van der Waals surface area contributed by atoms with Crippen LogP contribution in [-0.2, 0) is 0 Å². The Hall–Kier alpha value is -1.06. The van der Waals surface area contributed by atoms with E-state index in [9.17, 15) is 4.79 Å². The van der Waals surface area contributed by atoms with Crippen molar-refractivity contribution in [2.24, 2.45) is 0 Å². The number of hydrogen-bond acceptors (Lipinski definition) is 2. The molecule has 0 spiro atoms. The van der Waals surface area contributed by atoms with Gasteiger partial charge in [-0.3, -0.25) is 4.79 Å². The van der Waals surface area contributed by atoms with Crippen LogP contribution in [0.2, 0.25) is 10.2 Å². The van der Waals surface area contributed by atoms with Crippen LogP contribution in [0.4, 0.5) is 0 Å². The van der Waals surface area contributed by atoms with Crippen molar-refractivity contribution in [2.75, 3.05) is 0 Å². The van der Waals surface area contributed by atoms with Crippen LogP contribution in [0.1, 0.15) is 19.9 Å². The Bertz CT molecular complexity index is 605. The molecule has 0 aliphatic heterocycles. The molecule has 0 amide bonds. The smallest absolute Gasteiger partial charge is 0.270 e. The normalized spacial score (nSPS) is 11.3. The molecular formula is C11H10Cl2N2O. The van der Waals surface area contributed by atoms with Gasteiger partial charge in [-0.25, -0.2) is 4.98 Å². The van der Waals surface area contributed by atoms with Gasteiger partial charge in [-0.1, -0.05) is 23.2 Å². The quantitative estimate of drug-likeness (QED) is 0.735. The van der Waals surface area contributed by atoms with Crippen LogP contribution in [0, 0.1) is 0 Å². The number of pyridine rings is 2. The van der Waals surface area contributed by atoms with E-state index in [4.69, 9.17) is 23.2 Å². The van der Waals surface area contributed by atoms with E-state index in [0.29, 0.717) is 5.15 Å². The van der Waals surface area contributed by atoms with Gasteiger partial charge in [0.15, 0.2) is 0 Å². The zero-order valence-corrected chi connectivity index (χ0v) is 10.4. The summed E-state index contributed by atoms with van der Waals surface area (Å²) in [6, 6.07) is 3.31. The molecule has 0 aromatic carbocycles. The molecular weight excluding hydrogens is 247 g/mol. The van der Waals surface area contributed by atoms with E-state index >= 15 is 0 Å². The lowest BCUT2D eigenvalue weighted by Gasteiger charge is -2.14. The lowest BCUT2D eigenvalue weighted by molar-refractivity contribution is 0.600. The van der Waals surface area contributed by atoms with Crippen LogP contribution >= 0.6 is 23.2 Å². The molecule has 84 valence electrons. The zero-order valence-electron chi connectivity index (χ0n) is 8.87. The molecule has 2 rings (SSSR count). The van der Waals surface area contributed by atoms with Crippen molar-refractivity contribution in [2.45, 2.75) is 19.9 Å². The van der Waals surface area contributed by atoms with Gasteiger partial charge in [-0.05, 0) is 26.0 Å². The fraction of sp³-hybridized carbons (Fsp3) is 0.273. The first-order valence-corrected chi connectivity index (χ1v) is 5.62. The number of nitrogens with zero attached hydrogens (tertiary/aromatic N) is 2. The maximum absolute atomic E-state index is 11.9. The van der Waals surface area contributed by atoms with Gasteiger partial charge in [0, 0.05) is 17.6 Å². The second kappa shape index (κ2) is 4.07. The van der Waals surface area contributed by atoms with E-state index < -0.39 is 0 Å². The molecule has 0 saturated carbocycles. The number of aromatic nitrogens is 2. The van der Waals surface area contributed by atoms with Gasteiger partial charge in [0.1, 0.15) is 10.2 Å². The third kappa shape index (κ3) is 1.81. The summed E-state index contributed by atoms with van der Waals surface area (Å²) in [7, 11) is 0. The van der Waals surface area contributed by atoms with Gasteiger partial charge in [0.05, 0.1) is 5.52 Å². The molecule has 0 fully saturated rings. The Morgan fingerprint density at radius 1 is 1.31 bits per heavy atom. The number of rotatable bonds is 1. The van der Waals surface area contributed by atoms with Crippen LogP contribution < -0.4 is 5.56 Å². The minimum atomic E-state index is -0.202. The summed E-state index contributed by atoms with van der Waals surface area (Å²) >= 11 is 11.7. The van der Waals surface area contributed by atoms with Gasteiger partial charge in [0.25, 0.3) is 5.56 Å². The third-order valence-corrected chi connectivity index (χ3v) is 2.84. The molecule has 0 N–H and O–H groups in total. The highest BCUT2D eigenvalue weighted by Gasteiger charge is 2.10. The molecule has 0 aliphatic carbocycles. The summed E-state index contributed by atoms with van der Waals surface area (Å²) in [6.45, 7) is 3.84. The SMILES string of the molecule is CC(C)n1c(=O)c(Cl)cc2cnc(Cl)cc21. The highest BCUT2D eigenvalue weighted by molar-refractivity contribution is 6.31. The molecule has 3 nitrogen and oxygen atoms in total. The van der Waals surface area contributed by atoms with Crippen LogP contribution in [0.3, 0.4) is 0 Å². The fourth-order valence-corrected chi connectivity index (χ4v) is 2.05. The highest BCUT2D eigenvalue weighted by Crippen LogP contribution is 2.20. The average Bonchev–Trinajstić information content (AvgIpc) is 2.20. The summed E-state index contributed by atoms with van der Waals surface area (Å²) in [5, 5.41) is 1.37. The number of fused-ring (bicyclic) bond motifs is 1. The molecule has 16 heavy (non-hydrogen) atoms. The van der Waals surface area contributed by atoms with Crippen molar-refractivity contribution in [3.63, 3.8) is 0 Å². The molecule has 0 saturated heterocycles. The number of halogens is 2. The van der Waals surface area contributed by atoms with Crippen LogP contribution in [0.15, 0.2) is 23.1 Å². The summed E-state index contributed by atoms with van der Waals surface area (Å²) in [5.74, 6) is 0. The maximum Gasteiger partial charge on any atom is 0.270 e. The molecule has 2 heterocycles. The predicted octanol–water partition coefficient (Wildman–Crippen LogP) is 3.28. The van der Waals surface area contributed by atoms with E-state index in [2.05, 4.69) is 4.98 Å². The van der Waals surface area contributed by atoms with Crippen molar-refractivity contribution in [3.05, 3.63) is 38.9 Å². The van der Waals surface area contributed by atoms with Gasteiger partial charge >= 0.3 is 0 Å². The summed E-state index contributed by atoms with van der Waals surface area (Å²) < 4.78 is 1.62. The Morgan fingerprint density at radius 3 is 2.62 bits per heavy atom. The zero-order chi connectivity index (χ0) is 11.9. The van der Waals surface area contributed by atoms with Crippen molar-refractivity contribution in [1.82, 2.24) is 9.55 Å². The second-order valence-corrected chi connectivity index (χ2v) is 4.62. The minimum Gasteiger partial charge on any atom is -0.304 e. The molecule has 0 aliphatic rings. The first kappa shape index (κ1) is 11.4. The molecule has 0 atom stereocenters. The van der Waals surface area contributed by atoms with E-state index in [-0.39, 0.29) is 16.6 Å². The summed E-state index contributed by atoms with van der Waals surface area (Å²) in [5.41, 5.74) is 0.552. The van der Waals surface area contributed by atoms with Gasteiger partial charge in [0.2, 0.25) is 0 Å².